The standard InChI is InChI=1S/C10H6F4O2/c11-6-1-5(2-7(12)3-6)8(15)4-9(16)10(13)14/h1-4,10,15H/b8-4-. The van der Waals surface area contributed by atoms with Crippen LogP contribution in [0.5, 0.6) is 0 Å². The van der Waals surface area contributed by atoms with E-state index in [0.717, 1.165) is 0 Å². The van der Waals surface area contributed by atoms with E-state index in [0.29, 0.717) is 18.2 Å². The van der Waals surface area contributed by atoms with E-state index in [4.69, 9.17) is 5.11 Å². The zero-order valence-electron chi connectivity index (χ0n) is 7.75. The van der Waals surface area contributed by atoms with Gasteiger partial charge in [0.25, 0.3) is 6.43 Å². The Balaban J connectivity index is 3.04. The van der Waals surface area contributed by atoms with E-state index in [-0.39, 0.29) is 11.6 Å². The Hall–Kier alpha value is -1.85. The fourth-order valence-corrected chi connectivity index (χ4v) is 0.983. The molecule has 0 atom stereocenters. The lowest BCUT2D eigenvalue weighted by atomic mass is 10.1. The van der Waals surface area contributed by atoms with Crippen molar-refractivity contribution in [2.45, 2.75) is 6.43 Å². The number of aliphatic hydroxyl groups excluding tert-OH is 1. The number of benzene rings is 1. The molecule has 0 radical (unpaired) electrons. The third-order valence-corrected chi connectivity index (χ3v) is 1.65. The summed E-state index contributed by atoms with van der Waals surface area (Å²) in [5, 5.41) is 9.16. The monoisotopic (exact) mass is 234 g/mol. The van der Waals surface area contributed by atoms with Crippen molar-refractivity contribution < 1.29 is 27.5 Å². The van der Waals surface area contributed by atoms with Crippen molar-refractivity contribution in [3.05, 3.63) is 41.5 Å². The summed E-state index contributed by atoms with van der Waals surface area (Å²) in [4.78, 5) is 10.5. The predicted octanol–water partition coefficient (Wildman–Crippen LogP) is 2.70. The fraction of sp³-hybridized carbons (Fsp3) is 0.100. The van der Waals surface area contributed by atoms with Gasteiger partial charge in [-0.15, -0.1) is 0 Å². The molecule has 0 aliphatic heterocycles. The lowest BCUT2D eigenvalue weighted by Gasteiger charge is -2.01. The van der Waals surface area contributed by atoms with Crippen LogP contribution < -0.4 is 0 Å². The van der Waals surface area contributed by atoms with Crippen molar-refractivity contribution in [1.29, 1.82) is 0 Å². The largest absolute Gasteiger partial charge is 0.507 e. The van der Waals surface area contributed by atoms with E-state index in [1.54, 1.807) is 0 Å². The highest BCUT2D eigenvalue weighted by atomic mass is 19.3. The second-order valence-electron chi connectivity index (χ2n) is 2.89. The number of allylic oxidation sites excluding steroid dienone is 1. The van der Waals surface area contributed by atoms with E-state index < -0.39 is 29.6 Å². The van der Waals surface area contributed by atoms with Gasteiger partial charge in [0.15, 0.2) is 0 Å². The first kappa shape index (κ1) is 12.2. The smallest absolute Gasteiger partial charge is 0.300 e. The molecular weight excluding hydrogens is 228 g/mol. The van der Waals surface area contributed by atoms with Crippen LogP contribution >= 0.6 is 0 Å². The highest BCUT2D eigenvalue weighted by Crippen LogP contribution is 2.15. The minimum absolute atomic E-state index is 0.221. The molecule has 16 heavy (non-hydrogen) atoms. The molecule has 1 rings (SSSR count). The quantitative estimate of drug-likeness (QED) is 0.496. The number of carbonyl (C=O) groups excluding carboxylic acids is 1. The first-order valence-electron chi connectivity index (χ1n) is 4.09. The predicted molar refractivity (Wildman–Crippen MR) is 48.0 cm³/mol. The Labute approximate surface area is 87.8 Å². The third-order valence-electron chi connectivity index (χ3n) is 1.65. The molecule has 1 N–H and O–H groups in total. The van der Waals surface area contributed by atoms with Gasteiger partial charge in [0.1, 0.15) is 17.4 Å². The van der Waals surface area contributed by atoms with E-state index in [9.17, 15) is 22.4 Å². The average Bonchev–Trinajstić information content (AvgIpc) is 2.15. The van der Waals surface area contributed by atoms with Crippen molar-refractivity contribution >= 4 is 11.5 Å². The van der Waals surface area contributed by atoms with Gasteiger partial charge in [-0.1, -0.05) is 0 Å². The van der Waals surface area contributed by atoms with Crippen molar-refractivity contribution in [3.63, 3.8) is 0 Å². The number of alkyl halides is 2. The maximum atomic E-state index is 12.7. The Kier molecular flexibility index (Phi) is 3.65. The van der Waals surface area contributed by atoms with Gasteiger partial charge >= 0.3 is 0 Å². The van der Waals surface area contributed by atoms with Crippen LogP contribution in [0.2, 0.25) is 0 Å². The van der Waals surface area contributed by atoms with E-state index in [1.807, 2.05) is 0 Å². The third kappa shape index (κ3) is 3.08. The molecule has 0 saturated heterocycles. The molecule has 6 heteroatoms. The van der Waals surface area contributed by atoms with Gasteiger partial charge in [0.05, 0.1) is 0 Å². The van der Waals surface area contributed by atoms with Gasteiger partial charge in [0.2, 0.25) is 5.78 Å². The summed E-state index contributed by atoms with van der Waals surface area (Å²) >= 11 is 0. The summed E-state index contributed by atoms with van der Waals surface area (Å²) < 4.78 is 49.0. The van der Waals surface area contributed by atoms with Crippen molar-refractivity contribution in [3.8, 4) is 0 Å². The first-order valence-corrected chi connectivity index (χ1v) is 4.09. The molecule has 1 aromatic rings. The molecule has 0 bridgehead atoms. The van der Waals surface area contributed by atoms with Crippen molar-refractivity contribution in [2.75, 3.05) is 0 Å². The zero-order valence-corrected chi connectivity index (χ0v) is 7.75. The SMILES string of the molecule is O=C(/C=C(\O)c1cc(F)cc(F)c1)C(F)F. The van der Waals surface area contributed by atoms with Gasteiger partial charge in [-0.3, -0.25) is 4.79 Å². The summed E-state index contributed by atoms with van der Waals surface area (Å²) in [5.41, 5.74) is -0.383. The van der Waals surface area contributed by atoms with Crippen molar-refractivity contribution in [2.24, 2.45) is 0 Å². The molecule has 0 aliphatic carbocycles. The van der Waals surface area contributed by atoms with E-state index >= 15 is 0 Å². The van der Waals surface area contributed by atoms with Crippen LogP contribution in [0.25, 0.3) is 5.76 Å². The molecule has 0 aliphatic rings. The molecule has 0 fully saturated rings. The van der Waals surface area contributed by atoms with Gasteiger partial charge in [-0.05, 0) is 12.1 Å². The Morgan fingerprint density at radius 2 is 1.69 bits per heavy atom. The molecule has 86 valence electrons. The van der Waals surface area contributed by atoms with Gasteiger partial charge in [-0.25, -0.2) is 17.6 Å². The molecule has 0 unspecified atom stereocenters. The van der Waals surface area contributed by atoms with E-state index in [1.165, 1.54) is 0 Å². The van der Waals surface area contributed by atoms with Crippen LogP contribution in [0.1, 0.15) is 5.56 Å². The lowest BCUT2D eigenvalue weighted by Crippen LogP contribution is -2.06. The van der Waals surface area contributed by atoms with E-state index in [2.05, 4.69) is 0 Å². The number of aliphatic hydroxyl groups is 1. The molecular formula is C10H6F4O2. The Bertz CT molecular complexity index is 420. The summed E-state index contributed by atoms with van der Waals surface area (Å²) in [5.74, 6) is -4.52. The number of rotatable bonds is 3. The van der Waals surface area contributed by atoms with Gasteiger partial charge in [0, 0.05) is 17.7 Å². The number of carbonyl (C=O) groups is 1. The fourth-order valence-electron chi connectivity index (χ4n) is 0.983. The summed E-state index contributed by atoms with van der Waals surface area (Å²) in [6.45, 7) is 0. The zero-order chi connectivity index (χ0) is 12.3. The summed E-state index contributed by atoms with van der Waals surface area (Å²) in [6.07, 6.45) is -3.06. The topological polar surface area (TPSA) is 37.3 Å². The number of halogens is 4. The molecule has 0 aromatic heterocycles. The van der Waals surface area contributed by atoms with Crippen LogP contribution in [-0.4, -0.2) is 17.3 Å². The van der Waals surface area contributed by atoms with Crippen LogP contribution in [0.4, 0.5) is 17.6 Å². The summed E-state index contributed by atoms with van der Waals surface area (Å²) in [6, 6.07) is 1.98. The highest BCUT2D eigenvalue weighted by Gasteiger charge is 2.14. The van der Waals surface area contributed by atoms with Gasteiger partial charge in [-0.2, -0.15) is 0 Å². The van der Waals surface area contributed by atoms with Crippen LogP contribution in [0.15, 0.2) is 24.3 Å². The van der Waals surface area contributed by atoms with Crippen LogP contribution in [0, 0.1) is 11.6 Å². The molecule has 1 aromatic carbocycles. The van der Waals surface area contributed by atoms with Crippen LogP contribution in [-0.2, 0) is 4.79 Å². The van der Waals surface area contributed by atoms with Crippen LogP contribution in [0.3, 0.4) is 0 Å². The average molecular weight is 234 g/mol. The molecule has 2 nitrogen and oxygen atoms in total. The number of ketones is 1. The second-order valence-corrected chi connectivity index (χ2v) is 2.89. The van der Waals surface area contributed by atoms with Crippen molar-refractivity contribution in [1.82, 2.24) is 0 Å². The molecule has 0 spiro atoms. The molecule has 0 heterocycles. The number of hydrogen-bond donors (Lipinski definition) is 1. The second kappa shape index (κ2) is 4.78. The van der Waals surface area contributed by atoms with Gasteiger partial charge < -0.3 is 5.11 Å². The molecule has 0 saturated carbocycles. The normalized spacial score (nSPS) is 11.9. The number of hydrogen-bond acceptors (Lipinski definition) is 2. The highest BCUT2D eigenvalue weighted by molar-refractivity contribution is 5.97. The lowest BCUT2D eigenvalue weighted by molar-refractivity contribution is -0.124. The Morgan fingerprint density at radius 1 is 1.19 bits per heavy atom. The maximum Gasteiger partial charge on any atom is 0.300 e. The Morgan fingerprint density at radius 3 is 2.12 bits per heavy atom. The maximum absolute atomic E-state index is 12.7. The minimum Gasteiger partial charge on any atom is -0.507 e. The first-order chi connectivity index (χ1) is 7.40. The molecule has 0 amide bonds. The minimum atomic E-state index is -3.28. The summed E-state index contributed by atoms with van der Waals surface area (Å²) in [7, 11) is 0.